The quantitative estimate of drug-likeness (QED) is 0.219. The van der Waals surface area contributed by atoms with Gasteiger partial charge in [0.15, 0.2) is 11.6 Å². The first-order valence-electron chi connectivity index (χ1n) is 12.3. The summed E-state index contributed by atoms with van der Waals surface area (Å²) in [5, 5.41) is 21.2. The number of amidine groups is 1. The smallest absolute Gasteiger partial charge is 0.269 e. The van der Waals surface area contributed by atoms with Gasteiger partial charge in [0.2, 0.25) is 0 Å². The summed E-state index contributed by atoms with van der Waals surface area (Å²) >= 11 is 6.15. The molecule has 1 aliphatic carbocycles. The highest BCUT2D eigenvalue weighted by molar-refractivity contribution is 6.30. The number of Topliss-reactive ketones (excluding diaryl/α,β-unsaturated/α-hetero) is 2. The summed E-state index contributed by atoms with van der Waals surface area (Å²) in [4.78, 5) is 40.5. The zero-order valence-electron chi connectivity index (χ0n) is 21.0. The number of nitro benzene ring substituents is 1. The number of hydrogen-bond donors (Lipinski definition) is 1. The molecule has 0 radical (unpaired) electrons. The van der Waals surface area contributed by atoms with Crippen molar-refractivity contribution in [2.24, 2.45) is 11.3 Å². The number of non-ortho nitro benzene ring substituents is 1. The van der Waals surface area contributed by atoms with Gasteiger partial charge >= 0.3 is 0 Å². The first-order chi connectivity index (χ1) is 18.1. The Balaban J connectivity index is 1.77. The second kappa shape index (κ2) is 9.65. The van der Waals surface area contributed by atoms with Crippen molar-refractivity contribution < 1.29 is 14.5 Å². The van der Waals surface area contributed by atoms with Crippen molar-refractivity contribution in [3.63, 3.8) is 0 Å². The molecule has 1 aliphatic heterocycles. The number of carbonyl (C=O) groups excluding carboxylic acids is 2. The molecule has 3 aromatic rings. The van der Waals surface area contributed by atoms with Gasteiger partial charge in [-0.15, -0.1) is 0 Å². The molecular formula is C30H26ClN3O4. The fraction of sp³-hybridized carbons (Fsp3) is 0.233. The number of nitro groups is 1. The Morgan fingerprint density at radius 2 is 1.63 bits per heavy atom. The van der Waals surface area contributed by atoms with E-state index >= 15 is 0 Å². The summed E-state index contributed by atoms with van der Waals surface area (Å²) in [6.45, 7) is 4.03. The van der Waals surface area contributed by atoms with Crippen LogP contribution in [0.1, 0.15) is 48.5 Å². The number of nitrogens with zero attached hydrogens (tertiary/aromatic N) is 2. The molecule has 5 rings (SSSR count). The van der Waals surface area contributed by atoms with Crippen LogP contribution in [0, 0.1) is 26.9 Å². The number of halogens is 1. The van der Waals surface area contributed by atoms with Gasteiger partial charge in [0, 0.05) is 52.0 Å². The third kappa shape index (κ3) is 4.54. The van der Waals surface area contributed by atoms with Gasteiger partial charge in [-0.3, -0.25) is 25.1 Å². The summed E-state index contributed by atoms with van der Waals surface area (Å²) in [7, 11) is 0. The molecule has 8 heteroatoms. The van der Waals surface area contributed by atoms with Crippen LogP contribution in [-0.2, 0) is 4.79 Å². The Labute approximate surface area is 225 Å². The van der Waals surface area contributed by atoms with Crippen molar-refractivity contribution in [2.75, 3.05) is 4.90 Å². The molecule has 2 aliphatic rings. The van der Waals surface area contributed by atoms with Crippen molar-refractivity contribution in [1.29, 1.82) is 5.41 Å². The molecule has 1 heterocycles. The van der Waals surface area contributed by atoms with Crippen LogP contribution in [0.25, 0.3) is 0 Å². The van der Waals surface area contributed by atoms with E-state index in [0.717, 1.165) is 0 Å². The molecule has 38 heavy (non-hydrogen) atoms. The van der Waals surface area contributed by atoms with Crippen LogP contribution in [0.3, 0.4) is 0 Å². The van der Waals surface area contributed by atoms with Crippen molar-refractivity contribution in [2.45, 2.75) is 32.6 Å². The van der Waals surface area contributed by atoms with Crippen LogP contribution >= 0.6 is 11.6 Å². The standard InChI is InChI=1S/C30H26ClN3O4/c1-30(2)16-23-26(24(35)17-30)25(18-8-12-22(13-9-18)34(37)38)27(28(36)19-6-4-3-5-7-19)29(32)33(23)21-14-10-20(31)11-15-21/h3-15,25,27,32H,16-17H2,1-2H3. The van der Waals surface area contributed by atoms with Gasteiger partial charge in [0.1, 0.15) is 5.84 Å². The molecular weight excluding hydrogens is 502 g/mol. The second-order valence-electron chi connectivity index (χ2n) is 10.5. The number of rotatable bonds is 5. The molecule has 0 bridgehead atoms. The molecule has 1 N–H and O–H groups in total. The van der Waals surface area contributed by atoms with Gasteiger partial charge < -0.3 is 4.90 Å². The van der Waals surface area contributed by atoms with Crippen LogP contribution in [0.15, 0.2) is 90.1 Å². The minimum Gasteiger partial charge on any atom is -0.302 e. The topological polar surface area (TPSA) is 104 Å². The minimum atomic E-state index is -1.02. The van der Waals surface area contributed by atoms with Crippen LogP contribution in [0.2, 0.25) is 5.02 Å². The predicted molar refractivity (Wildman–Crippen MR) is 147 cm³/mol. The SMILES string of the molecule is CC1(C)CC(=O)C2=C(C1)N(c1ccc(Cl)cc1)C(=N)C(C(=O)c1ccccc1)C2c1ccc([N+](=O)[O-])cc1. The Bertz CT molecular complexity index is 1480. The number of nitrogens with one attached hydrogen (secondary N) is 1. The predicted octanol–water partition coefficient (Wildman–Crippen LogP) is 6.97. The molecule has 192 valence electrons. The third-order valence-electron chi connectivity index (χ3n) is 7.23. The lowest BCUT2D eigenvalue weighted by Crippen LogP contribution is -2.50. The highest BCUT2D eigenvalue weighted by Gasteiger charge is 2.50. The number of anilines is 1. The Morgan fingerprint density at radius 3 is 2.24 bits per heavy atom. The zero-order chi connectivity index (χ0) is 27.2. The first-order valence-corrected chi connectivity index (χ1v) is 12.7. The molecule has 7 nitrogen and oxygen atoms in total. The third-order valence-corrected chi connectivity index (χ3v) is 7.49. The molecule has 0 saturated heterocycles. The lowest BCUT2D eigenvalue weighted by Gasteiger charge is -2.47. The number of carbonyl (C=O) groups is 2. The number of hydrogen-bond acceptors (Lipinski definition) is 5. The van der Waals surface area contributed by atoms with Gasteiger partial charge in [0.05, 0.1) is 10.8 Å². The zero-order valence-corrected chi connectivity index (χ0v) is 21.7. The molecule has 2 atom stereocenters. The maximum absolute atomic E-state index is 14.1. The van der Waals surface area contributed by atoms with E-state index in [1.807, 2.05) is 19.9 Å². The van der Waals surface area contributed by atoms with Gasteiger partial charge in [0.25, 0.3) is 5.69 Å². The van der Waals surface area contributed by atoms with Crippen molar-refractivity contribution in [1.82, 2.24) is 0 Å². The van der Waals surface area contributed by atoms with Crippen molar-refractivity contribution in [3.05, 3.63) is 116 Å². The summed E-state index contributed by atoms with van der Waals surface area (Å²) in [6, 6.07) is 21.7. The van der Waals surface area contributed by atoms with Gasteiger partial charge in [-0.2, -0.15) is 0 Å². The Hall–Kier alpha value is -4.10. The summed E-state index contributed by atoms with van der Waals surface area (Å²) in [6.07, 6.45) is 0.818. The monoisotopic (exact) mass is 527 g/mol. The molecule has 2 unspecified atom stereocenters. The van der Waals surface area contributed by atoms with E-state index in [1.54, 1.807) is 65.6 Å². The summed E-state index contributed by atoms with van der Waals surface area (Å²) < 4.78 is 0. The molecule has 3 aromatic carbocycles. The maximum atomic E-state index is 14.1. The van der Waals surface area contributed by atoms with E-state index < -0.39 is 16.8 Å². The molecule has 0 spiro atoms. The van der Waals surface area contributed by atoms with E-state index in [2.05, 4.69) is 0 Å². The van der Waals surface area contributed by atoms with Crippen LogP contribution in [-0.4, -0.2) is 22.3 Å². The Morgan fingerprint density at radius 1 is 1.00 bits per heavy atom. The van der Waals surface area contributed by atoms with Crippen LogP contribution in [0.5, 0.6) is 0 Å². The van der Waals surface area contributed by atoms with Gasteiger partial charge in [-0.1, -0.05) is 67.9 Å². The lowest BCUT2D eigenvalue weighted by atomic mass is 9.65. The average Bonchev–Trinajstić information content (AvgIpc) is 2.88. The fourth-order valence-corrected chi connectivity index (χ4v) is 5.69. The van der Waals surface area contributed by atoms with E-state index in [-0.39, 0.29) is 28.5 Å². The van der Waals surface area contributed by atoms with Gasteiger partial charge in [-0.25, -0.2) is 0 Å². The highest BCUT2D eigenvalue weighted by atomic mass is 35.5. The van der Waals surface area contributed by atoms with Crippen LogP contribution < -0.4 is 4.90 Å². The summed E-state index contributed by atoms with van der Waals surface area (Å²) in [5.41, 5.74) is 2.39. The Kier molecular flexibility index (Phi) is 6.49. The van der Waals surface area contributed by atoms with Crippen LogP contribution in [0.4, 0.5) is 11.4 Å². The van der Waals surface area contributed by atoms with E-state index in [0.29, 0.717) is 45.9 Å². The summed E-state index contributed by atoms with van der Waals surface area (Å²) in [5.74, 6) is -2.09. The maximum Gasteiger partial charge on any atom is 0.269 e. The first kappa shape index (κ1) is 25.5. The van der Waals surface area contributed by atoms with Crippen molar-refractivity contribution in [3.8, 4) is 0 Å². The largest absolute Gasteiger partial charge is 0.302 e. The normalized spacial score (nSPS) is 20.8. The minimum absolute atomic E-state index is 0.0498. The average molecular weight is 528 g/mol. The second-order valence-corrected chi connectivity index (χ2v) is 11.0. The molecule has 0 amide bonds. The highest BCUT2D eigenvalue weighted by Crippen LogP contribution is 2.51. The van der Waals surface area contributed by atoms with E-state index in [9.17, 15) is 25.1 Å². The lowest BCUT2D eigenvalue weighted by molar-refractivity contribution is -0.384. The fourth-order valence-electron chi connectivity index (χ4n) is 5.57. The van der Waals surface area contributed by atoms with Gasteiger partial charge in [-0.05, 0) is 41.7 Å². The van der Waals surface area contributed by atoms with E-state index in [1.165, 1.54) is 12.1 Å². The molecule has 0 saturated carbocycles. The molecule has 0 fully saturated rings. The number of benzene rings is 3. The molecule has 0 aromatic heterocycles. The van der Waals surface area contributed by atoms with E-state index in [4.69, 9.17) is 11.6 Å². The number of allylic oxidation sites excluding steroid dienone is 2. The van der Waals surface area contributed by atoms with Crippen molar-refractivity contribution >= 4 is 40.4 Å². The number of ketones is 2.